The summed E-state index contributed by atoms with van der Waals surface area (Å²) in [5.41, 5.74) is 1.01. The lowest BCUT2D eigenvalue weighted by atomic mass is 9.71. The zero-order valence-electron chi connectivity index (χ0n) is 22.5. The highest BCUT2D eigenvalue weighted by Crippen LogP contribution is 2.62. The number of likely N-dealkylation sites (tertiary alicyclic amines) is 1. The van der Waals surface area contributed by atoms with E-state index in [-0.39, 0.29) is 28.9 Å². The molecule has 3 fully saturated rings. The van der Waals surface area contributed by atoms with Crippen LogP contribution < -0.4 is 5.32 Å². The average molecular weight is 610 g/mol. The van der Waals surface area contributed by atoms with E-state index < -0.39 is 35.4 Å². The number of nitrogens with zero attached hydrogens (tertiary/aromatic N) is 2. The summed E-state index contributed by atoms with van der Waals surface area (Å²) in [6.07, 6.45) is 1.14. The van der Waals surface area contributed by atoms with E-state index in [1.807, 2.05) is 4.90 Å². The largest absolute Gasteiger partial charge is 0.465 e. The maximum absolute atomic E-state index is 15.9. The highest BCUT2D eigenvalue weighted by molar-refractivity contribution is 6.31. The number of esters is 1. The van der Waals surface area contributed by atoms with Crippen molar-refractivity contribution in [2.75, 3.05) is 19.0 Å². The van der Waals surface area contributed by atoms with E-state index in [0.29, 0.717) is 34.3 Å². The zero-order valence-corrected chi connectivity index (χ0v) is 24.0. The quantitative estimate of drug-likeness (QED) is 0.372. The van der Waals surface area contributed by atoms with Crippen LogP contribution >= 0.6 is 23.2 Å². The van der Waals surface area contributed by atoms with Crippen molar-refractivity contribution in [3.05, 3.63) is 98.8 Å². The molecule has 7 rings (SSSR count). The first-order chi connectivity index (χ1) is 20.2. The van der Waals surface area contributed by atoms with Crippen molar-refractivity contribution in [3.8, 4) is 0 Å². The van der Waals surface area contributed by atoms with Gasteiger partial charge in [0.1, 0.15) is 11.4 Å². The van der Waals surface area contributed by atoms with E-state index in [9.17, 15) is 14.4 Å². The fourth-order valence-electron chi connectivity index (χ4n) is 6.77. The van der Waals surface area contributed by atoms with Crippen LogP contribution in [-0.4, -0.2) is 47.6 Å². The van der Waals surface area contributed by atoms with Gasteiger partial charge in [-0.3, -0.25) is 19.3 Å². The zero-order chi connectivity index (χ0) is 29.3. The van der Waals surface area contributed by atoms with Crippen LogP contribution in [0.15, 0.2) is 60.7 Å². The lowest BCUT2D eigenvalue weighted by Crippen LogP contribution is -2.54. The normalized spacial score (nSPS) is 26.5. The van der Waals surface area contributed by atoms with Crippen molar-refractivity contribution in [3.63, 3.8) is 0 Å². The lowest BCUT2D eigenvalue weighted by Gasteiger charge is -2.40. The molecule has 2 saturated heterocycles. The summed E-state index contributed by atoms with van der Waals surface area (Å²) in [7, 11) is 1.31. The van der Waals surface area contributed by atoms with Crippen molar-refractivity contribution in [1.82, 2.24) is 9.96 Å². The molecule has 3 aromatic carbocycles. The molecule has 216 valence electrons. The Morgan fingerprint density at radius 1 is 1.12 bits per heavy atom. The van der Waals surface area contributed by atoms with E-state index >= 15 is 4.39 Å². The third kappa shape index (κ3) is 4.06. The fraction of sp³-hybridized carbons (Fsp3) is 0.323. The Kier molecular flexibility index (Phi) is 6.54. The molecule has 1 aliphatic carbocycles. The highest BCUT2D eigenvalue weighted by atomic mass is 35.5. The fourth-order valence-corrected chi connectivity index (χ4v) is 7.12. The van der Waals surface area contributed by atoms with Gasteiger partial charge in [-0.05, 0) is 60.2 Å². The third-order valence-electron chi connectivity index (χ3n) is 8.80. The van der Waals surface area contributed by atoms with Crippen LogP contribution in [0.5, 0.6) is 0 Å². The molecule has 3 aromatic rings. The van der Waals surface area contributed by atoms with Gasteiger partial charge in [-0.25, -0.2) is 14.2 Å². The Balaban J connectivity index is 1.35. The maximum atomic E-state index is 15.9. The molecule has 1 N–H and O–H groups in total. The molecule has 1 spiro atoms. The number of ether oxygens (including phenoxy) is 1. The first-order valence-corrected chi connectivity index (χ1v) is 14.5. The molecule has 8 nitrogen and oxygen atoms in total. The maximum Gasteiger partial charge on any atom is 0.337 e. The number of nitrogens with one attached hydrogen (secondary N) is 1. The Labute approximate surface area is 251 Å². The number of rotatable bonds is 6. The standard InChI is InChI=1S/C31H26Cl2FN3O5/c1-41-29(39)18-9-7-17(8-10-18)15-37-27(38)24-25(20-3-2-4-22(33)26(20)34)31(36(28(24)42-37)14-16-5-6-16)21-12-11-19(32)13-23(21)35-30(31)40/h2-4,7-13,16,24-25,28H,5-6,14-15H2,1H3,(H,35,40)/t24-,25+,28?,31-/m1/s1. The predicted molar refractivity (Wildman–Crippen MR) is 152 cm³/mol. The van der Waals surface area contributed by atoms with E-state index in [4.69, 9.17) is 32.8 Å². The second-order valence-electron chi connectivity index (χ2n) is 11.2. The van der Waals surface area contributed by atoms with Crippen molar-refractivity contribution in [1.29, 1.82) is 0 Å². The van der Waals surface area contributed by atoms with Gasteiger partial charge in [0, 0.05) is 28.7 Å². The summed E-state index contributed by atoms with van der Waals surface area (Å²) in [5, 5.41) is 4.59. The van der Waals surface area contributed by atoms with Gasteiger partial charge in [0.25, 0.3) is 5.91 Å². The number of hydrogen-bond donors (Lipinski definition) is 1. The summed E-state index contributed by atoms with van der Waals surface area (Å²) in [4.78, 5) is 48.7. The molecular formula is C31H26Cl2FN3O5. The second-order valence-corrected chi connectivity index (χ2v) is 12.1. The summed E-state index contributed by atoms with van der Waals surface area (Å²) in [6, 6.07) is 16.5. The molecule has 0 radical (unpaired) electrons. The minimum absolute atomic E-state index is 0.0940. The molecule has 0 bridgehead atoms. The Bertz CT molecular complexity index is 1630. The molecular weight excluding hydrogens is 584 g/mol. The summed E-state index contributed by atoms with van der Waals surface area (Å²) in [5.74, 6) is -3.40. The SMILES string of the molecule is COC(=O)c1ccc(CN2OC3[C@@H](C2=O)[C@H](c2cccc(Cl)c2F)[C@]2(C(=O)Nc4cc(Cl)ccc42)N3CC2CC2)cc1. The number of methoxy groups -OCH3 is 1. The number of hydroxylamine groups is 2. The van der Waals surface area contributed by atoms with E-state index in [0.717, 1.165) is 18.4 Å². The number of halogens is 3. The molecule has 4 atom stereocenters. The van der Waals surface area contributed by atoms with Crippen molar-refractivity contribution in [2.45, 2.75) is 37.1 Å². The van der Waals surface area contributed by atoms with Crippen LogP contribution in [0.1, 0.15) is 45.8 Å². The Hall–Kier alpha value is -3.50. The third-order valence-corrected chi connectivity index (χ3v) is 9.33. The van der Waals surface area contributed by atoms with E-state index in [1.54, 1.807) is 54.6 Å². The minimum Gasteiger partial charge on any atom is -0.465 e. The smallest absolute Gasteiger partial charge is 0.337 e. The van der Waals surface area contributed by atoms with Gasteiger partial charge < -0.3 is 10.1 Å². The number of amides is 2. The number of hydrogen-bond acceptors (Lipinski definition) is 6. The molecule has 1 saturated carbocycles. The minimum atomic E-state index is -1.42. The molecule has 2 amide bonds. The number of fused-ring (bicyclic) bond motifs is 3. The van der Waals surface area contributed by atoms with E-state index in [1.165, 1.54) is 18.2 Å². The molecule has 0 aromatic heterocycles. The van der Waals surface area contributed by atoms with Crippen LogP contribution in [0.3, 0.4) is 0 Å². The highest BCUT2D eigenvalue weighted by Gasteiger charge is 2.72. The molecule has 1 unspecified atom stereocenters. The Morgan fingerprint density at radius 2 is 1.88 bits per heavy atom. The van der Waals surface area contributed by atoms with Crippen molar-refractivity contribution in [2.24, 2.45) is 11.8 Å². The Morgan fingerprint density at radius 3 is 2.60 bits per heavy atom. The first-order valence-electron chi connectivity index (χ1n) is 13.7. The topological polar surface area (TPSA) is 88.2 Å². The lowest BCUT2D eigenvalue weighted by molar-refractivity contribution is -0.208. The molecule has 42 heavy (non-hydrogen) atoms. The summed E-state index contributed by atoms with van der Waals surface area (Å²) in [6.45, 7) is 0.588. The van der Waals surface area contributed by atoms with Crippen molar-refractivity contribution >= 4 is 46.7 Å². The van der Waals surface area contributed by atoms with Crippen LogP contribution in [0.4, 0.5) is 10.1 Å². The van der Waals surface area contributed by atoms with Gasteiger partial charge in [-0.1, -0.05) is 53.5 Å². The summed E-state index contributed by atoms with van der Waals surface area (Å²) < 4.78 is 20.7. The number of anilines is 1. The molecule has 4 aliphatic rings. The molecule has 11 heteroatoms. The predicted octanol–water partition coefficient (Wildman–Crippen LogP) is 5.49. The second kappa shape index (κ2) is 10.1. The van der Waals surface area contributed by atoms with Gasteiger partial charge in [0.15, 0.2) is 6.23 Å². The van der Waals surface area contributed by atoms with Crippen LogP contribution in [0, 0.1) is 17.7 Å². The van der Waals surface area contributed by atoms with E-state index in [2.05, 4.69) is 5.32 Å². The number of carbonyl (C=O) groups is 3. The summed E-state index contributed by atoms with van der Waals surface area (Å²) >= 11 is 12.6. The average Bonchev–Trinajstić information content (AvgIpc) is 3.62. The molecule has 3 aliphatic heterocycles. The molecule has 3 heterocycles. The van der Waals surface area contributed by atoms with Crippen LogP contribution in [0.25, 0.3) is 0 Å². The van der Waals surface area contributed by atoms with Crippen LogP contribution in [-0.2, 0) is 31.2 Å². The van der Waals surface area contributed by atoms with Gasteiger partial charge in [0.05, 0.1) is 30.2 Å². The van der Waals surface area contributed by atoms with Gasteiger partial charge >= 0.3 is 5.97 Å². The van der Waals surface area contributed by atoms with Crippen LogP contribution in [0.2, 0.25) is 10.0 Å². The first kappa shape index (κ1) is 27.3. The number of benzene rings is 3. The van der Waals surface area contributed by atoms with Gasteiger partial charge in [0.2, 0.25) is 5.91 Å². The number of carbonyl (C=O) groups excluding carboxylic acids is 3. The van der Waals surface area contributed by atoms with Gasteiger partial charge in [-0.15, -0.1) is 0 Å². The van der Waals surface area contributed by atoms with Crippen molar-refractivity contribution < 1.29 is 28.3 Å². The monoisotopic (exact) mass is 609 g/mol. The van der Waals surface area contributed by atoms with Gasteiger partial charge in [-0.2, -0.15) is 0 Å².